The lowest BCUT2D eigenvalue weighted by molar-refractivity contribution is 0.104. The minimum Gasteiger partial charge on any atom is -0.289 e. The summed E-state index contributed by atoms with van der Waals surface area (Å²) in [5.41, 5.74) is 15.7. The Kier molecular flexibility index (Phi) is 6.31. The van der Waals surface area contributed by atoms with Gasteiger partial charge in [-0.3, -0.25) is 9.59 Å². The lowest BCUT2D eigenvalue weighted by Gasteiger charge is -2.25. The van der Waals surface area contributed by atoms with Crippen LogP contribution in [0.5, 0.6) is 0 Å². The van der Waals surface area contributed by atoms with Crippen LogP contribution < -0.4 is 0 Å². The first-order valence-corrected chi connectivity index (χ1v) is 18.1. The average Bonchev–Trinajstić information content (AvgIpc) is 3.11. The van der Waals surface area contributed by atoms with Gasteiger partial charge >= 0.3 is 0 Å². The Morgan fingerprint density at radius 1 is 0.327 bits per heavy atom. The van der Waals surface area contributed by atoms with Gasteiger partial charge < -0.3 is 0 Å². The molecule has 2 heteroatoms. The fourth-order valence-corrected chi connectivity index (χ4v) is 9.97. The SMILES string of the molecule is Cc1cc(C)c(-c2c3cccc4c3c(c3ccc5c(ccc6c7c8c(cccc8c(-c8c(C)cc(C)cc8C)c65)C=CC7=O)c23)C(=O)C=C4)c(C)c1. The van der Waals surface area contributed by atoms with E-state index in [0.29, 0.717) is 0 Å². The summed E-state index contributed by atoms with van der Waals surface area (Å²) in [7, 11) is 0. The summed E-state index contributed by atoms with van der Waals surface area (Å²) in [6.45, 7) is 13.1. The van der Waals surface area contributed by atoms with Crippen molar-refractivity contribution in [3.63, 3.8) is 0 Å². The molecule has 0 spiro atoms. The van der Waals surface area contributed by atoms with E-state index in [2.05, 4.69) is 126 Å². The molecule has 0 aliphatic heterocycles. The molecule has 8 aromatic carbocycles. The molecule has 10 rings (SSSR count). The third-order valence-corrected chi connectivity index (χ3v) is 11.6. The Hall–Kier alpha value is -6.12. The molecule has 0 amide bonds. The molecule has 2 aliphatic rings. The predicted molar refractivity (Wildman–Crippen MR) is 220 cm³/mol. The Balaban J connectivity index is 1.51. The van der Waals surface area contributed by atoms with Crippen molar-refractivity contribution >= 4 is 77.6 Å². The van der Waals surface area contributed by atoms with E-state index in [4.69, 9.17) is 0 Å². The van der Waals surface area contributed by atoms with Crippen molar-refractivity contribution < 1.29 is 9.59 Å². The summed E-state index contributed by atoms with van der Waals surface area (Å²) in [5, 5.41) is 10.4. The predicted octanol–water partition coefficient (Wildman–Crippen LogP) is 13.1. The van der Waals surface area contributed by atoms with Crippen molar-refractivity contribution in [1.82, 2.24) is 0 Å². The molecule has 52 heavy (non-hydrogen) atoms. The molecule has 2 aliphatic carbocycles. The van der Waals surface area contributed by atoms with Gasteiger partial charge in [0, 0.05) is 21.9 Å². The van der Waals surface area contributed by atoms with E-state index in [0.717, 1.165) is 87.2 Å². The van der Waals surface area contributed by atoms with E-state index < -0.39 is 0 Å². The molecule has 0 atom stereocenters. The molecule has 2 nitrogen and oxygen atoms in total. The number of fused-ring (bicyclic) bond motifs is 7. The van der Waals surface area contributed by atoms with Crippen molar-refractivity contribution in [1.29, 1.82) is 0 Å². The number of rotatable bonds is 2. The molecule has 0 N–H and O–H groups in total. The van der Waals surface area contributed by atoms with Crippen LogP contribution in [0, 0.1) is 41.5 Å². The van der Waals surface area contributed by atoms with E-state index in [1.807, 2.05) is 12.2 Å². The third-order valence-electron chi connectivity index (χ3n) is 11.6. The average molecular weight is 669 g/mol. The molecular formula is C50H36O2. The highest BCUT2D eigenvalue weighted by molar-refractivity contribution is 6.39. The number of aryl methyl sites for hydroxylation is 6. The molecule has 0 fully saturated rings. The minimum absolute atomic E-state index is 0.0321. The highest BCUT2D eigenvalue weighted by atomic mass is 16.1. The fourth-order valence-electron chi connectivity index (χ4n) is 9.97. The number of benzene rings is 8. The fraction of sp³-hybridized carbons (Fsp3) is 0.120. The zero-order valence-electron chi connectivity index (χ0n) is 30.2. The number of ketones is 2. The number of carbonyl (C=O) groups is 2. The maximum absolute atomic E-state index is 14.0. The van der Waals surface area contributed by atoms with Gasteiger partial charge in [-0.2, -0.15) is 0 Å². The normalized spacial score (nSPS) is 13.5. The molecule has 0 saturated carbocycles. The molecule has 0 aromatic heterocycles. The second-order valence-corrected chi connectivity index (χ2v) is 15.1. The Bertz CT molecular complexity index is 2840. The van der Waals surface area contributed by atoms with Crippen LogP contribution in [0.3, 0.4) is 0 Å². The number of hydrogen-bond donors (Lipinski definition) is 0. The van der Waals surface area contributed by atoms with Crippen LogP contribution in [-0.2, 0) is 0 Å². The zero-order valence-corrected chi connectivity index (χ0v) is 30.2. The van der Waals surface area contributed by atoms with Crippen molar-refractivity contribution in [2.24, 2.45) is 0 Å². The number of allylic oxidation sites excluding steroid dienone is 2. The van der Waals surface area contributed by atoms with E-state index in [-0.39, 0.29) is 11.6 Å². The monoisotopic (exact) mass is 668 g/mol. The topological polar surface area (TPSA) is 34.1 Å². The lowest BCUT2D eigenvalue weighted by atomic mass is 9.77. The van der Waals surface area contributed by atoms with Crippen LogP contribution in [0.2, 0.25) is 0 Å². The summed E-state index contributed by atoms with van der Waals surface area (Å²) >= 11 is 0. The first-order valence-electron chi connectivity index (χ1n) is 18.1. The first-order chi connectivity index (χ1) is 25.1. The van der Waals surface area contributed by atoms with Gasteiger partial charge in [-0.15, -0.1) is 0 Å². The van der Waals surface area contributed by atoms with Crippen LogP contribution in [0.25, 0.3) is 88.3 Å². The Labute approximate surface area is 302 Å². The van der Waals surface area contributed by atoms with Crippen molar-refractivity contribution in [2.45, 2.75) is 41.5 Å². The standard InChI is InChI=1S/C50H36O2/c1-25-21-27(3)41(28(4)22-25)49-35-11-7-9-31-13-19-39(51)47(43(31)35)37-17-16-34-33(45(37)49)15-18-38-46(34)50(42-29(5)23-26(2)24-30(42)6)36-12-8-10-32-14-20-40(52)48(38)44(32)36/h7-24H,1-6H3. The van der Waals surface area contributed by atoms with Crippen molar-refractivity contribution in [2.75, 3.05) is 0 Å². The molecule has 0 saturated heterocycles. The maximum Gasteiger partial charge on any atom is 0.187 e. The van der Waals surface area contributed by atoms with Gasteiger partial charge in [-0.25, -0.2) is 0 Å². The Morgan fingerprint density at radius 3 is 1.06 bits per heavy atom. The van der Waals surface area contributed by atoms with Crippen LogP contribution >= 0.6 is 0 Å². The molecule has 0 heterocycles. The van der Waals surface area contributed by atoms with Gasteiger partial charge in [-0.05, 0) is 152 Å². The molecule has 248 valence electrons. The lowest BCUT2D eigenvalue weighted by Crippen LogP contribution is -2.06. The summed E-state index contributed by atoms with van der Waals surface area (Å²) < 4.78 is 0. The van der Waals surface area contributed by atoms with Crippen LogP contribution in [0.1, 0.15) is 65.2 Å². The second kappa shape index (κ2) is 10.7. The van der Waals surface area contributed by atoms with Gasteiger partial charge in [0.25, 0.3) is 0 Å². The van der Waals surface area contributed by atoms with E-state index in [1.165, 1.54) is 44.5 Å². The first kappa shape index (κ1) is 30.7. The smallest absolute Gasteiger partial charge is 0.187 e. The molecule has 0 bridgehead atoms. The Morgan fingerprint density at radius 2 is 0.673 bits per heavy atom. The molecule has 0 unspecified atom stereocenters. The highest BCUT2D eigenvalue weighted by Crippen LogP contribution is 2.51. The van der Waals surface area contributed by atoms with Gasteiger partial charge in [0.1, 0.15) is 0 Å². The van der Waals surface area contributed by atoms with Crippen LogP contribution in [0.4, 0.5) is 0 Å². The molecule has 0 radical (unpaired) electrons. The second-order valence-electron chi connectivity index (χ2n) is 15.1. The summed E-state index contributed by atoms with van der Waals surface area (Å²) in [5.74, 6) is 0.0642. The largest absolute Gasteiger partial charge is 0.289 e. The van der Waals surface area contributed by atoms with Gasteiger partial charge in [0.05, 0.1) is 0 Å². The quantitative estimate of drug-likeness (QED) is 0.136. The van der Waals surface area contributed by atoms with Crippen molar-refractivity contribution in [3.05, 3.63) is 153 Å². The minimum atomic E-state index is 0.0321. The highest BCUT2D eigenvalue weighted by Gasteiger charge is 2.29. The van der Waals surface area contributed by atoms with Crippen LogP contribution in [-0.4, -0.2) is 11.6 Å². The number of carbonyl (C=O) groups excluding carboxylic acids is 2. The number of hydrogen-bond acceptors (Lipinski definition) is 2. The molecular weight excluding hydrogens is 633 g/mol. The zero-order chi connectivity index (χ0) is 35.7. The van der Waals surface area contributed by atoms with E-state index in [1.54, 1.807) is 12.2 Å². The summed E-state index contributed by atoms with van der Waals surface area (Å²) in [6.07, 6.45) is 7.37. The van der Waals surface area contributed by atoms with Crippen LogP contribution in [0.15, 0.2) is 97.1 Å². The van der Waals surface area contributed by atoms with Gasteiger partial charge in [-0.1, -0.05) is 108 Å². The van der Waals surface area contributed by atoms with E-state index >= 15 is 0 Å². The summed E-state index contributed by atoms with van der Waals surface area (Å²) in [4.78, 5) is 28.0. The van der Waals surface area contributed by atoms with E-state index in [9.17, 15) is 9.59 Å². The van der Waals surface area contributed by atoms with Gasteiger partial charge in [0.15, 0.2) is 11.6 Å². The van der Waals surface area contributed by atoms with Gasteiger partial charge in [0.2, 0.25) is 0 Å². The van der Waals surface area contributed by atoms with Crippen molar-refractivity contribution in [3.8, 4) is 22.3 Å². The summed E-state index contributed by atoms with van der Waals surface area (Å²) in [6, 6.07) is 30.7. The maximum atomic E-state index is 14.0. The third kappa shape index (κ3) is 4.01. The molecule has 8 aromatic rings.